The smallest absolute Gasteiger partial charge is 0.415 e. The SMILES string of the molecule is CCCCCC(CC)COC(=O)N(Cc1ccc(F)cc1)c1cccs1. The summed E-state index contributed by atoms with van der Waals surface area (Å²) in [6.07, 6.45) is 5.35. The molecule has 1 amide bonds. The van der Waals surface area contributed by atoms with Crippen LogP contribution in [0.1, 0.15) is 51.5 Å². The average molecular weight is 378 g/mol. The van der Waals surface area contributed by atoms with Crippen molar-refractivity contribution in [3.63, 3.8) is 0 Å². The summed E-state index contributed by atoms with van der Waals surface area (Å²) in [6.45, 7) is 5.14. The van der Waals surface area contributed by atoms with E-state index in [0.29, 0.717) is 19.1 Å². The van der Waals surface area contributed by atoms with Crippen molar-refractivity contribution in [2.24, 2.45) is 5.92 Å². The second kappa shape index (κ2) is 11.0. The number of nitrogens with zero attached hydrogens (tertiary/aromatic N) is 1. The molecule has 0 radical (unpaired) electrons. The van der Waals surface area contributed by atoms with Crippen LogP contribution in [0.25, 0.3) is 0 Å². The van der Waals surface area contributed by atoms with Gasteiger partial charge in [-0.3, -0.25) is 4.90 Å². The molecule has 0 fully saturated rings. The van der Waals surface area contributed by atoms with Crippen LogP contribution in [0.3, 0.4) is 0 Å². The van der Waals surface area contributed by atoms with E-state index in [9.17, 15) is 9.18 Å². The molecule has 5 heteroatoms. The van der Waals surface area contributed by atoms with Gasteiger partial charge in [0.05, 0.1) is 13.2 Å². The second-order valence-corrected chi connectivity index (χ2v) is 7.44. The summed E-state index contributed by atoms with van der Waals surface area (Å²) >= 11 is 1.49. The monoisotopic (exact) mass is 377 g/mol. The minimum Gasteiger partial charge on any atom is -0.449 e. The molecule has 1 heterocycles. The summed E-state index contributed by atoms with van der Waals surface area (Å²) in [4.78, 5) is 14.3. The fraction of sp³-hybridized carbons (Fsp3) is 0.476. The predicted octanol–water partition coefficient (Wildman–Crippen LogP) is 6.64. The van der Waals surface area contributed by atoms with Crippen molar-refractivity contribution in [3.8, 4) is 0 Å². The maximum Gasteiger partial charge on any atom is 0.415 e. The van der Waals surface area contributed by atoms with Crippen LogP contribution in [0.4, 0.5) is 14.2 Å². The Morgan fingerprint density at radius 1 is 1.19 bits per heavy atom. The van der Waals surface area contributed by atoms with E-state index in [4.69, 9.17) is 4.74 Å². The van der Waals surface area contributed by atoms with Crippen molar-refractivity contribution in [1.82, 2.24) is 0 Å². The topological polar surface area (TPSA) is 29.5 Å². The third-order valence-corrected chi connectivity index (χ3v) is 5.37. The standard InChI is InChI=1S/C21H28FNO2S/c1-3-5-6-8-17(4-2)16-25-21(24)23(20-9-7-14-26-20)15-18-10-12-19(22)13-11-18/h7,9-14,17H,3-6,8,15-16H2,1-2H3. The van der Waals surface area contributed by atoms with Crippen LogP contribution in [0, 0.1) is 11.7 Å². The van der Waals surface area contributed by atoms with Gasteiger partial charge in [0.25, 0.3) is 0 Å². The van der Waals surface area contributed by atoms with Gasteiger partial charge in [0.2, 0.25) is 0 Å². The summed E-state index contributed by atoms with van der Waals surface area (Å²) in [6, 6.07) is 10.0. The van der Waals surface area contributed by atoms with Gasteiger partial charge in [-0.15, -0.1) is 11.3 Å². The molecule has 3 nitrogen and oxygen atoms in total. The summed E-state index contributed by atoms with van der Waals surface area (Å²) in [5.74, 6) is 0.123. The lowest BCUT2D eigenvalue weighted by Crippen LogP contribution is -2.31. The molecular formula is C21H28FNO2S. The number of anilines is 1. The van der Waals surface area contributed by atoms with Gasteiger partial charge in [-0.2, -0.15) is 0 Å². The van der Waals surface area contributed by atoms with Gasteiger partial charge in [-0.25, -0.2) is 9.18 Å². The van der Waals surface area contributed by atoms with E-state index in [1.165, 1.54) is 42.7 Å². The number of halogens is 1. The summed E-state index contributed by atoms with van der Waals surface area (Å²) in [5.41, 5.74) is 0.867. The largest absolute Gasteiger partial charge is 0.449 e. The number of rotatable bonds is 10. The van der Waals surface area contributed by atoms with Gasteiger partial charge in [-0.05, 0) is 47.5 Å². The highest BCUT2D eigenvalue weighted by Crippen LogP contribution is 2.25. The van der Waals surface area contributed by atoms with Crippen LogP contribution >= 0.6 is 11.3 Å². The molecule has 2 rings (SSSR count). The molecule has 1 atom stereocenters. The van der Waals surface area contributed by atoms with Gasteiger partial charge in [0.15, 0.2) is 0 Å². The molecule has 0 bridgehead atoms. The molecule has 0 aliphatic rings. The van der Waals surface area contributed by atoms with Gasteiger partial charge >= 0.3 is 6.09 Å². The zero-order valence-electron chi connectivity index (χ0n) is 15.6. The molecule has 142 valence electrons. The van der Waals surface area contributed by atoms with Gasteiger partial charge in [-0.1, -0.05) is 51.7 Å². The lowest BCUT2D eigenvalue weighted by molar-refractivity contribution is 0.129. The van der Waals surface area contributed by atoms with Crippen LogP contribution in [0.2, 0.25) is 0 Å². The Labute approximate surface area is 159 Å². The van der Waals surface area contributed by atoms with Gasteiger partial charge in [0, 0.05) is 0 Å². The van der Waals surface area contributed by atoms with Crippen LogP contribution in [0.15, 0.2) is 41.8 Å². The van der Waals surface area contributed by atoms with Crippen molar-refractivity contribution in [2.75, 3.05) is 11.5 Å². The first-order valence-corrected chi connectivity index (χ1v) is 10.2. The fourth-order valence-corrected chi connectivity index (χ4v) is 3.50. The highest BCUT2D eigenvalue weighted by atomic mass is 32.1. The van der Waals surface area contributed by atoms with Crippen LogP contribution in [0.5, 0.6) is 0 Å². The zero-order chi connectivity index (χ0) is 18.8. The highest BCUT2D eigenvalue weighted by molar-refractivity contribution is 7.14. The highest BCUT2D eigenvalue weighted by Gasteiger charge is 2.20. The molecule has 0 spiro atoms. The first-order valence-electron chi connectivity index (χ1n) is 9.36. The average Bonchev–Trinajstić information content (AvgIpc) is 3.18. The normalized spacial score (nSPS) is 12.0. The van der Waals surface area contributed by atoms with Gasteiger partial charge < -0.3 is 4.74 Å². The summed E-state index contributed by atoms with van der Waals surface area (Å²) in [5, 5.41) is 2.76. The molecule has 0 saturated carbocycles. The van der Waals surface area contributed by atoms with E-state index in [0.717, 1.165) is 23.4 Å². The number of thiophene rings is 1. The van der Waals surface area contributed by atoms with E-state index in [-0.39, 0.29) is 11.9 Å². The maximum atomic E-state index is 13.1. The van der Waals surface area contributed by atoms with Crippen molar-refractivity contribution < 1.29 is 13.9 Å². The van der Waals surface area contributed by atoms with Crippen LogP contribution in [-0.2, 0) is 11.3 Å². The van der Waals surface area contributed by atoms with Crippen LogP contribution < -0.4 is 4.90 Å². The fourth-order valence-electron chi connectivity index (χ4n) is 2.78. The van der Waals surface area contributed by atoms with E-state index in [1.54, 1.807) is 17.0 Å². The number of amides is 1. The quantitative estimate of drug-likeness (QED) is 0.435. The van der Waals surface area contributed by atoms with E-state index < -0.39 is 0 Å². The van der Waals surface area contributed by atoms with Crippen LogP contribution in [-0.4, -0.2) is 12.7 Å². The Morgan fingerprint density at radius 3 is 2.58 bits per heavy atom. The lowest BCUT2D eigenvalue weighted by atomic mass is 10.00. The first-order chi connectivity index (χ1) is 12.6. The molecule has 26 heavy (non-hydrogen) atoms. The van der Waals surface area contributed by atoms with Gasteiger partial charge in [0.1, 0.15) is 10.8 Å². The molecular weight excluding hydrogens is 349 g/mol. The third kappa shape index (κ3) is 6.45. The minimum absolute atomic E-state index is 0.281. The Bertz CT molecular complexity index is 643. The molecule has 0 saturated heterocycles. The van der Waals surface area contributed by atoms with E-state index >= 15 is 0 Å². The number of benzene rings is 1. The zero-order valence-corrected chi connectivity index (χ0v) is 16.4. The Morgan fingerprint density at radius 2 is 1.96 bits per heavy atom. The molecule has 0 aliphatic heterocycles. The van der Waals surface area contributed by atoms with Crippen molar-refractivity contribution >= 4 is 22.4 Å². The summed E-state index contributed by atoms with van der Waals surface area (Å²) in [7, 11) is 0. The number of hydrogen-bond acceptors (Lipinski definition) is 3. The number of ether oxygens (including phenoxy) is 1. The van der Waals surface area contributed by atoms with Crippen molar-refractivity contribution in [3.05, 3.63) is 53.2 Å². The third-order valence-electron chi connectivity index (χ3n) is 4.48. The van der Waals surface area contributed by atoms with Crippen molar-refractivity contribution in [1.29, 1.82) is 0 Å². The number of carbonyl (C=O) groups is 1. The molecule has 0 N–H and O–H groups in total. The molecule has 1 aromatic carbocycles. The van der Waals surface area contributed by atoms with E-state index in [2.05, 4.69) is 13.8 Å². The molecule has 1 unspecified atom stereocenters. The lowest BCUT2D eigenvalue weighted by Gasteiger charge is -2.22. The maximum absolute atomic E-state index is 13.1. The number of hydrogen-bond donors (Lipinski definition) is 0. The summed E-state index contributed by atoms with van der Waals surface area (Å²) < 4.78 is 18.8. The molecule has 0 aliphatic carbocycles. The predicted molar refractivity (Wildman–Crippen MR) is 106 cm³/mol. The molecule has 2 aromatic rings. The number of carbonyl (C=O) groups excluding carboxylic acids is 1. The minimum atomic E-state index is -0.342. The van der Waals surface area contributed by atoms with Crippen molar-refractivity contribution in [2.45, 2.75) is 52.5 Å². The second-order valence-electron chi connectivity index (χ2n) is 6.51. The molecule has 1 aromatic heterocycles. The number of unbranched alkanes of at least 4 members (excludes halogenated alkanes) is 2. The van der Waals surface area contributed by atoms with E-state index in [1.807, 2.05) is 17.5 Å². The Hall–Kier alpha value is -1.88. The first kappa shape index (κ1) is 20.4. The Kier molecular flexibility index (Phi) is 8.62. The Balaban J connectivity index is 1.98.